The summed E-state index contributed by atoms with van der Waals surface area (Å²) in [6.45, 7) is 7.17. The fourth-order valence-electron chi connectivity index (χ4n) is 2.08. The van der Waals surface area contributed by atoms with Crippen molar-refractivity contribution in [3.63, 3.8) is 0 Å². The summed E-state index contributed by atoms with van der Waals surface area (Å²) < 4.78 is 0. The molecule has 0 rings (SSSR count). The third-order valence-corrected chi connectivity index (χ3v) is 3.15. The normalized spacial score (nSPS) is 15.4. The van der Waals surface area contributed by atoms with Crippen molar-refractivity contribution in [1.82, 2.24) is 0 Å². The van der Waals surface area contributed by atoms with Crippen molar-refractivity contribution in [2.75, 3.05) is 6.61 Å². The Morgan fingerprint density at radius 3 is 2.29 bits per heavy atom. The van der Waals surface area contributed by atoms with E-state index in [2.05, 4.69) is 20.8 Å². The molecule has 0 radical (unpaired) electrons. The van der Waals surface area contributed by atoms with Crippen molar-refractivity contribution in [2.24, 2.45) is 11.8 Å². The smallest absolute Gasteiger partial charge is 0.0433 e. The van der Waals surface area contributed by atoms with E-state index in [-0.39, 0.29) is 0 Å². The SMILES string of the molecule is CCCCCC(CC)CC(C)CCO. The van der Waals surface area contributed by atoms with E-state index in [1.807, 2.05) is 0 Å². The van der Waals surface area contributed by atoms with Crippen molar-refractivity contribution < 1.29 is 5.11 Å². The fourth-order valence-corrected chi connectivity index (χ4v) is 2.08. The second-order valence-electron chi connectivity index (χ2n) is 4.62. The van der Waals surface area contributed by atoms with Gasteiger partial charge < -0.3 is 5.11 Å². The van der Waals surface area contributed by atoms with Gasteiger partial charge in [0, 0.05) is 6.61 Å². The molecule has 14 heavy (non-hydrogen) atoms. The molecule has 0 fully saturated rings. The number of aliphatic hydroxyl groups excluding tert-OH is 1. The first-order chi connectivity index (χ1) is 6.74. The summed E-state index contributed by atoms with van der Waals surface area (Å²) in [4.78, 5) is 0. The topological polar surface area (TPSA) is 20.2 Å². The molecular weight excluding hydrogens is 172 g/mol. The van der Waals surface area contributed by atoms with E-state index in [0.717, 1.165) is 12.3 Å². The summed E-state index contributed by atoms with van der Waals surface area (Å²) >= 11 is 0. The lowest BCUT2D eigenvalue weighted by Gasteiger charge is -2.18. The lowest BCUT2D eigenvalue weighted by atomic mass is 9.88. The van der Waals surface area contributed by atoms with Crippen LogP contribution in [0.5, 0.6) is 0 Å². The van der Waals surface area contributed by atoms with Crippen LogP contribution in [0.15, 0.2) is 0 Å². The average Bonchev–Trinajstić information content (AvgIpc) is 2.17. The largest absolute Gasteiger partial charge is 0.396 e. The molecule has 0 amide bonds. The molecule has 1 nitrogen and oxygen atoms in total. The molecule has 0 aliphatic carbocycles. The van der Waals surface area contributed by atoms with Crippen LogP contribution in [0.2, 0.25) is 0 Å². The maximum atomic E-state index is 8.84. The van der Waals surface area contributed by atoms with E-state index >= 15 is 0 Å². The Hall–Kier alpha value is -0.0400. The van der Waals surface area contributed by atoms with E-state index in [9.17, 15) is 0 Å². The minimum Gasteiger partial charge on any atom is -0.396 e. The highest BCUT2D eigenvalue weighted by atomic mass is 16.3. The third kappa shape index (κ3) is 7.37. The van der Waals surface area contributed by atoms with Crippen molar-refractivity contribution in [3.8, 4) is 0 Å². The van der Waals surface area contributed by atoms with Crippen LogP contribution >= 0.6 is 0 Å². The summed E-state index contributed by atoms with van der Waals surface area (Å²) in [5, 5.41) is 8.84. The molecule has 0 bridgehead atoms. The number of aliphatic hydroxyl groups is 1. The zero-order chi connectivity index (χ0) is 10.8. The lowest BCUT2D eigenvalue weighted by molar-refractivity contribution is 0.241. The van der Waals surface area contributed by atoms with Gasteiger partial charge in [-0.2, -0.15) is 0 Å². The van der Waals surface area contributed by atoms with Crippen LogP contribution in [-0.4, -0.2) is 11.7 Å². The molecule has 0 spiro atoms. The molecular formula is C13H28O. The van der Waals surface area contributed by atoms with Crippen LogP contribution in [0.1, 0.15) is 65.7 Å². The van der Waals surface area contributed by atoms with Crippen LogP contribution < -0.4 is 0 Å². The highest BCUT2D eigenvalue weighted by molar-refractivity contribution is 4.62. The second-order valence-corrected chi connectivity index (χ2v) is 4.62. The van der Waals surface area contributed by atoms with Gasteiger partial charge in [0.25, 0.3) is 0 Å². The maximum Gasteiger partial charge on any atom is 0.0433 e. The van der Waals surface area contributed by atoms with Gasteiger partial charge in [0.1, 0.15) is 0 Å². The molecule has 0 aromatic heterocycles. The van der Waals surface area contributed by atoms with Gasteiger partial charge in [-0.1, -0.05) is 52.9 Å². The highest BCUT2D eigenvalue weighted by Gasteiger charge is 2.10. The molecule has 86 valence electrons. The molecule has 2 atom stereocenters. The van der Waals surface area contributed by atoms with Crippen molar-refractivity contribution in [2.45, 2.75) is 65.7 Å². The number of unbranched alkanes of at least 4 members (excludes halogenated alkanes) is 2. The Labute approximate surface area is 89.9 Å². The first kappa shape index (κ1) is 14.0. The Morgan fingerprint density at radius 2 is 1.79 bits per heavy atom. The zero-order valence-electron chi connectivity index (χ0n) is 10.3. The number of rotatable bonds is 9. The predicted octanol–water partition coefficient (Wildman–Crippen LogP) is 4.00. The first-order valence-electron chi connectivity index (χ1n) is 6.35. The molecule has 2 unspecified atom stereocenters. The Kier molecular flexibility index (Phi) is 9.49. The Balaban J connectivity index is 3.55. The molecule has 0 saturated heterocycles. The molecule has 1 N–H and O–H groups in total. The average molecular weight is 200 g/mol. The quantitative estimate of drug-likeness (QED) is 0.558. The molecule has 0 aromatic carbocycles. The predicted molar refractivity (Wildman–Crippen MR) is 63.4 cm³/mol. The fraction of sp³-hybridized carbons (Fsp3) is 1.00. The van der Waals surface area contributed by atoms with Crippen LogP contribution in [0.25, 0.3) is 0 Å². The number of hydrogen-bond acceptors (Lipinski definition) is 1. The molecule has 0 aromatic rings. The van der Waals surface area contributed by atoms with Gasteiger partial charge in [0.2, 0.25) is 0 Å². The van der Waals surface area contributed by atoms with Gasteiger partial charge in [0.15, 0.2) is 0 Å². The van der Waals surface area contributed by atoms with E-state index in [4.69, 9.17) is 5.11 Å². The lowest BCUT2D eigenvalue weighted by Crippen LogP contribution is -2.07. The number of hydrogen-bond donors (Lipinski definition) is 1. The van der Waals surface area contributed by atoms with E-state index < -0.39 is 0 Å². The minimum absolute atomic E-state index is 0.354. The Bertz CT molecular complexity index is 112. The second kappa shape index (κ2) is 9.51. The molecule has 0 saturated carbocycles. The van der Waals surface area contributed by atoms with Crippen LogP contribution in [0.4, 0.5) is 0 Å². The summed E-state index contributed by atoms with van der Waals surface area (Å²) in [6.07, 6.45) is 9.07. The van der Waals surface area contributed by atoms with Crippen LogP contribution in [0, 0.1) is 11.8 Å². The third-order valence-electron chi connectivity index (χ3n) is 3.15. The van der Waals surface area contributed by atoms with Gasteiger partial charge in [-0.05, 0) is 24.7 Å². The molecule has 0 heterocycles. The molecule has 0 aliphatic heterocycles. The van der Waals surface area contributed by atoms with Gasteiger partial charge in [-0.3, -0.25) is 0 Å². The van der Waals surface area contributed by atoms with Gasteiger partial charge >= 0.3 is 0 Å². The Morgan fingerprint density at radius 1 is 1.07 bits per heavy atom. The van der Waals surface area contributed by atoms with Gasteiger partial charge in [0.05, 0.1) is 0 Å². The van der Waals surface area contributed by atoms with Crippen LogP contribution in [0.3, 0.4) is 0 Å². The monoisotopic (exact) mass is 200 g/mol. The van der Waals surface area contributed by atoms with Crippen molar-refractivity contribution in [1.29, 1.82) is 0 Å². The maximum absolute atomic E-state index is 8.84. The minimum atomic E-state index is 0.354. The summed E-state index contributed by atoms with van der Waals surface area (Å²) in [5.74, 6) is 1.59. The van der Waals surface area contributed by atoms with Crippen LogP contribution in [-0.2, 0) is 0 Å². The summed E-state index contributed by atoms with van der Waals surface area (Å²) in [6, 6.07) is 0. The van der Waals surface area contributed by atoms with Gasteiger partial charge in [-0.25, -0.2) is 0 Å². The highest BCUT2D eigenvalue weighted by Crippen LogP contribution is 2.23. The van der Waals surface area contributed by atoms with E-state index in [1.165, 1.54) is 38.5 Å². The standard InChI is InChI=1S/C13H28O/c1-4-6-7-8-13(5-2)11-12(3)9-10-14/h12-14H,4-11H2,1-3H3. The molecule has 1 heteroatoms. The van der Waals surface area contributed by atoms with Crippen molar-refractivity contribution in [3.05, 3.63) is 0 Å². The summed E-state index contributed by atoms with van der Waals surface area (Å²) in [7, 11) is 0. The summed E-state index contributed by atoms with van der Waals surface area (Å²) in [5.41, 5.74) is 0. The zero-order valence-corrected chi connectivity index (χ0v) is 10.3. The van der Waals surface area contributed by atoms with Crippen molar-refractivity contribution >= 4 is 0 Å². The van der Waals surface area contributed by atoms with E-state index in [1.54, 1.807) is 0 Å². The molecule has 0 aliphatic rings. The van der Waals surface area contributed by atoms with E-state index in [0.29, 0.717) is 12.5 Å². The first-order valence-corrected chi connectivity index (χ1v) is 6.35. The van der Waals surface area contributed by atoms with Gasteiger partial charge in [-0.15, -0.1) is 0 Å².